The van der Waals surface area contributed by atoms with Gasteiger partial charge in [0.25, 0.3) is 0 Å². The van der Waals surface area contributed by atoms with Gasteiger partial charge in [0.15, 0.2) is 0 Å². The average molecular weight is 269 g/mol. The van der Waals surface area contributed by atoms with Gasteiger partial charge in [0.05, 0.1) is 6.61 Å². The lowest BCUT2D eigenvalue weighted by molar-refractivity contribution is 0.190. The van der Waals surface area contributed by atoms with Crippen LogP contribution in [-0.2, 0) is 0 Å². The Morgan fingerprint density at radius 3 is 2.83 bits per heavy atom. The second kappa shape index (κ2) is 6.98. The van der Waals surface area contributed by atoms with Gasteiger partial charge in [-0.05, 0) is 50.1 Å². The molecule has 1 heterocycles. The van der Waals surface area contributed by atoms with Crippen LogP contribution < -0.4 is 10.5 Å². The summed E-state index contributed by atoms with van der Waals surface area (Å²) in [5.74, 6) is 0.884. The molecular weight excluding hydrogens is 248 g/mol. The number of benzene rings is 1. The lowest BCUT2D eigenvalue weighted by Gasteiger charge is -2.30. The van der Waals surface area contributed by atoms with Crippen LogP contribution >= 0.6 is 11.6 Å². The van der Waals surface area contributed by atoms with Crippen molar-refractivity contribution in [3.05, 3.63) is 29.3 Å². The Kier molecular flexibility index (Phi) is 5.29. The second-order valence-electron chi connectivity index (χ2n) is 4.86. The summed E-state index contributed by atoms with van der Waals surface area (Å²) in [5, 5.41) is 0.740. The molecule has 0 bridgehead atoms. The average Bonchev–Trinajstić information content (AvgIpc) is 2.37. The molecule has 1 aliphatic heterocycles. The third-order valence-electron chi connectivity index (χ3n) is 3.24. The van der Waals surface area contributed by atoms with E-state index >= 15 is 0 Å². The summed E-state index contributed by atoms with van der Waals surface area (Å²) in [4.78, 5) is 2.43. The zero-order chi connectivity index (χ0) is 12.8. The summed E-state index contributed by atoms with van der Waals surface area (Å²) in [7, 11) is 0. The monoisotopic (exact) mass is 268 g/mol. The first kappa shape index (κ1) is 13.7. The highest BCUT2D eigenvalue weighted by Crippen LogP contribution is 2.15. The summed E-state index contributed by atoms with van der Waals surface area (Å²) in [5.41, 5.74) is 5.95. The number of ether oxygens (including phenoxy) is 1. The molecule has 3 nitrogen and oxygen atoms in total. The number of hydrogen-bond acceptors (Lipinski definition) is 3. The van der Waals surface area contributed by atoms with Crippen molar-refractivity contribution in [1.29, 1.82) is 0 Å². The van der Waals surface area contributed by atoms with Crippen molar-refractivity contribution in [1.82, 2.24) is 4.90 Å². The van der Waals surface area contributed by atoms with Crippen LogP contribution in [0.2, 0.25) is 5.02 Å². The van der Waals surface area contributed by atoms with Crippen molar-refractivity contribution in [3.63, 3.8) is 0 Å². The number of likely N-dealkylation sites (tertiary alicyclic amines) is 1. The number of piperidine rings is 1. The molecule has 0 aromatic heterocycles. The summed E-state index contributed by atoms with van der Waals surface area (Å²) < 4.78 is 5.66. The predicted molar refractivity (Wildman–Crippen MR) is 75.2 cm³/mol. The van der Waals surface area contributed by atoms with E-state index in [1.54, 1.807) is 0 Å². The van der Waals surface area contributed by atoms with Crippen LogP contribution in [-0.4, -0.2) is 37.2 Å². The van der Waals surface area contributed by atoms with Crippen molar-refractivity contribution in [2.75, 3.05) is 26.2 Å². The van der Waals surface area contributed by atoms with Crippen LogP contribution in [0.4, 0.5) is 0 Å². The molecule has 1 saturated heterocycles. The van der Waals surface area contributed by atoms with Gasteiger partial charge < -0.3 is 15.4 Å². The Bertz CT molecular complexity index is 355. The fraction of sp³-hybridized carbons (Fsp3) is 0.571. The Labute approximate surface area is 114 Å². The summed E-state index contributed by atoms with van der Waals surface area (Å²) in [6.07, 6.45) is 3.42. The SMILES string of the molecule is N[C@@H]1CCCN(CCCOc2ccc(Cl)cc2)C1. The quantitative estimate of drug-likeness (QED) is 0.834. The standard InChI is InChI=1S/C14H21ClN2O/c15-12-4-6-14(7-5-12)18-10-2-9-17-8-1-3-13(16)11-17/h4-7,13H,1-3,8-11,16H2/t13-/m1/s1. The van der Waals surface area contributed by atoms with E-state index < -0.39 is 0 Å². The zero-order valence-electron chi connectivity index (χ0n) is 10.6. The Balaban J connectivity index is 1.62. The van der Waals surface area contributed by atoms with E-state index in [0.717, 1.165) is 43.3 Å². The molecule has 1 fully saturated rings. The number of hydrogen-bond donors (Lipinski definition) is 1. The number of rotatable bonds is 5. The predicted octanol–water partition coefficient (Wildman–Crippen LogP) is 2.53. The topological polar surface area (TPSA) is 38.5 Å². The van der Waals surface area contributed by atoms with Gasteiger partial charge in [0.2, 0.25) is 0 Å². The van der Waals surface area contributed by atoms with Crippen LogP contribution in [0.3, 0.4) is 0 Å². The molecule has 4 heteroatoms. The lowest BCUT2D eigenvalue weighted by Crippen LogP contribution is -2.43. The van der Waals surface area contributed by atoms with Crippen molar-refractivity contribution < 1.29 is 4.74 Å². The largest absolute Gasteiger partial charge is 0.494 e. The lowest BCUT2D eigenvalue weighted by atomic mass is 10.1. The molecule has 1 aromatic carbocycles. The first-order valence-corrected chi connectivity index (χ1v) is 6.98. The van der Waals surface area contributed by atoms with Gasteiger partial charge in [-0.3, -0.25) is 0 Å². The highest BCUT2D eigenvalue weighted by molar-refractivity contribution is 6.30. The Morgan fingerprint density at radius 1 is 1.33 bits per heavy atom. The van der Waals surface area contributed by atoms with Gasteiger partial charge in [-0.25, -0.2) is 0 Å². The molecule has 100 valence electrons. The van der Waals surface area contributed by atoms with Crippen LogP contribution in [0, 0.1) is 0 Å². The maximum Gasteiger partial charge on any atom is 0.119 e. The molecule has 0 spiro atoms. The molecule has 0 unspecified atom stereocenters. The van der Waals surface area contributed by atoms with Gasteiger partial charge in [-0.1, -0.05) is 11.6 Å². The highest BCUT2D eigenvalue weighted by Gasteiger charge is 2.15. The van der Waals surface area contributed by atoms with Gasteiger partial charge in [-0.15, -0.1) is 0 Å². The van der Waals surface area contributed by atoms with Gasteiger partial charge in [0, 0.05) is 24.2 Å². The van der Waals surface area contributed by atoms with E-state index in [4.69, 9.17) is 22.1 Å². The third kappa shape index (κ3) is 4.48. The molecule has 0 saturated carbocycles. The number of nitrogens with two attached hydrogens (primary N) is 1. The number of nitrogens with zero attached hydrogens (tertiary/aromatic N) is 1. The molecule has 0 amide bonds. The van der Waals surface area contributed by atoms with E-state index in [-0.39, 0.29) is 0 Å². The molecule has 0 radical (unpaired) electrons. The van der Waals surface area contributed by atoms with Crippen LogP contribution in [0.5, 0.6) is 5.75 Å². The van der Waals surface area contributed by atoms with E-state index in [9.17, 15) is 0 Å². The molecule has 18 heavy (non-hydrogen) atoms. The molecular formula is C14H21ClN2O. The minimum atomic E-state index is 0.357. The van der Waals surface area contributed by atoms with Crippen molar-refractivity contribution in [3.8, 4) is 5.75 Å². The smallest absolute Gasteiger partial charge is 0.119 e. The van der Waals surface area contributed by atoms with E-state index in [0.29, 0.717) is 6.04 Å². The van der Waals surface area contributed by atoms with Crippen LogP contribution in [0.25, 0.3) is 0 Å². The minimum Gasteiger partial charge on any atom is -0.494 e. The summed E-state index contributed by atoms with van der Waals surface area (Å²) in [6.45, 7) is 4.02. The van der Waals surface area contributed by atoms with Crippen molar-refractivity contribution in [2.24, 2.45) is 5.73 Å². The molecule has 1 aliphatic rings. The van der Waals surface area contributed by atoms with Crippen LogP contribution in [0.1, 0.15) is 19.3 Å². The van der Waals surface area contributed by atoms with Gasteiger partial charge in [0.1, 0.15) is 5.75 Å². The van der Waals surface area contributed by atoms with Crippen LogP contribution in [0.15, 0.2) is 24.3 Å². The summed E-state index contributed by atoms with van der Waals surface area (Å²) in [6, 6.07) is 7.86. The zero-order valence-corrected chi connectivity index (χ0v) is 11.4. The Hall–Kier alpha value is -0.770. The molecule has 2 rings (SSSR count). The van der Waals surface area contributed by atoms with E-state index in [1.165, 1.54) is 13.0 Å². The third-order valence-corrected chi connectivity index (χ3v) is 3.49. The first-order chi connectivity index (χ1) is 8.74. The molecule has 1 atom stereocenters. The van der Waals surface area contributed by atoms with E-state index in [2.05, 4.69) is 4.90 Å². The fourth-order valence-electron chi connectivity index (χ4n) is 2.30. The van der Waals surface area contributed by atoms with Gasteiger partial charge >= 0.3 is 0 Å². The highest BCUT2D eigenvalue weighted by atomic mass is 35.5. The fourth-order valence-corrected chi connectivity index (χ4v) is 2.43. The first-order valence-electron chi connectivity index (χ1n) is 6.60. The summed E-state index contributed by atoms with van der Waals surface area (Å²) >= 11 is 5.81. The van der Waals surface area contributed by atoms with E-state index in [1.807, 2.05) is 24.3 Å². The molecule has 0 aliphatic carbocycles. The minimum absolute atomic E-state index is 0.357. The normalized spacial score (nSPS) is 20.9. The van der Waals surface area contributed by atoms with Gasteiger partial charge in [-0.2, -0.15) is 0 Å². The maximum atomic E-state index is 5.95. The maximum absolute atomic E-state index is 5.95. The van der Waals surface area contributed by atoms with Crippen molar-refractivity contribution >= 4 is 11.6 Å². The molecule has 2 N–H and O–H groups in total. The van der Waals surface area contributed by atoms with Crippen molar-refractivity contribution in [2.45, 2.75) is 25.3 Å². The number of halogens is 1. The molecule has 1 aromatic rings. The second-order valence-corrected chi connectivity index (χ2v) is 5.30. The Morgan fingerprint density at radius 2 is 2.11 bits per heavy atom.